The molecule has 10 heteroatoms. The molecule has 1 N–H and O–H groups in total. The van der Waals surface area contributed by atoms with Crippen molar-refractivity contribution in [1.29, 1.82) is 0 Å². The summed E-state index contributed by atoms with van der Waals surface area (Å²) in [6.45, 7) is 0.540. The SMILES string of the molecule is CSc1ccc(CN(C)CC(=O)Nc2cc(C(F)(F)F)ccc2-n2cncn2)cc1. The molecular formula is C20H20F3N5OS. The van der Waals surface area contributed by atoms with E-state index in [9.17, 15) is 18.0 Å². The van der Waals surface area contributed by atoms with Gasteiger partial charge in [-0.3, -0.25) is 9.69 Å². The summed E-state index contributed by atoms with van der Waals surface area (Å²) < 4.78 is 40.7. The van der Waals surface area contributed by atoms with Crippen LogP contribution in [0.3, 0.4) is 0 Å². The van der Waals surface area contributed by atoms with Gasteiger partial charge >= 0.3 is 6.18 Å². The number of alkyl halides is 3. The maximum absolute atomic E-state index is 13.1. The van der Waals surface area contributed by atoms with Crippen LogP contribution < -0.4 is 5.32 Å². The fraction of sp³-hybridized carbons (Fsp3) is 0.250. The quantitative estimate of drug-likeness (QED) is 0.567. The molecule has 1 amide bonds. The number of amides is 1. The number of benzene rings is 2. The van der Waals surface area contributed by atoms with Crippen LogP contribution in [0.15, 0.2) is 60.0 Å². The van der Waals surface area contributed by atoms with Crippen LogP contribution in [0.4, 0.5) is 18.9 Å². The molecule has 0 saturated carbocycles. The van der Waals surface area contributed by atoms with Gasteiger partial charge in [0, 0.05) is 11.4 Å². The maximum atomic E-state index is 13.1. The molecule has 6 nitrogen and oxygen atoms in total. The molecule has 0 fully saturated rings. The smallest absolute Gasteiger partial charge is 0.323 e. The number of nitrogens with one attached hydrogen (secondary N) is 1. The van der Waals surface area contributed by atoms with Crippen molar-refractivity contribution in [3.8, 4) is 5.69 Å². The number of nitrogens with zero attached hydrogens (tertiary/aromatic N) is 4. The topological polar surface area (TPSA) is 63.1 Å². The van der Waals surface area contributed by atoms with Gasteiger partial charge in [0.05, 0.1) is 23.5 Å². The van der Waals surface area contributed by atoms with Crippen molar-refractivity contribution < 1.29 is 18.0 Å². The largest absolute Gasteiger partial charge is 0.416 e. The maximum Gasteiger partial charge on any atom is 0.416 e. The van der Waals surface area contributed by atoms with Gasteiger partial charge in [0.2, 0.25) is 5.91 Å². The Morgan fingerprint density at radius 1 is 1.20 bits per heavy atom. The summed E-state index contributed by atoms with van der Waals surface area (Å²) in [7, 11) is 1.77. The fourth-order valence-electron chi connectivity index (χ4n) is 2.88. The van der Waals surface area contributed by atoms with Crippen molar-refractivity contribution in [3.05, 3.63) is 66.2 Å². The number of hydrogen-bond acceptors (Lipinski definition) is 5. The van der Waals surface area contributed by atoms with E-state index in [0.29, 0.717) is 12.2 Å². The first-order valence-corrected chi connectivity index (χ1v) is 10.2. The van der Waals surface area contributed by atoms with E-state index in [1.807, 2.05) is 30.5 Å². The van der Waals surface area contributed by atoms with Gasteiger partial charge in [-0.25, -0.2) is 9.67 Å². The van der Waals surface area contributed by atoms with E-state index in [4.69, 9.17) is 0 Å². The predicted molar refractivity (Wildman–Crippen MR) is 110 cm³/mol. The number of hydrogen-bond donors (Lipinski definition) is 1. The molecule has 30 heavy (non-hydrogen) atoms. The molecule has 0 unspecified atom stereocenters. The lowest BCUT2D eigenvalue weighted by Crippen LogP contribution is -2.30. The highest BCUT2D eigenvalue weighted by atomic mass is 32.2. The first kappa shape index (κ1) is 21.8. The molecule has 3 aromatic rings. The third-order valence-electron chi connectivity index (χ3n) is 4.29. The molecule has 158 valence electrons. The van der Waals surface area contributed by atoms with Crippen LogP contribution in [0.1, 0.15) is 11.1 Å². The van der Waals surface area contributed by atoms with E-state index in [-0.39, 0.29) is 12.2 Å². The zero-order valence-corrected chi connectivity index (χ0v) is 17.2. The minimum atomic E-state index is -4.53. The molecule has 0 saturated heterocycles. The molecule has 0 bridgehead atoms. The lowest BCUT2D eigenvalue weighted by Gasteiger charge is -2.18. The molecule has 3 rings (SSSR count). The number of thioether (sulfide) groups is 1. The van der Waals surface area contributed by atoms with E-state index in [1.165, 1.54) is 23.4 Å². The first-order chi connectivity index (χ1) is 14.3. The van der Waals surface area contributed by atoms with Crippen LogP contribution in [0, 0.1) is 0 Å². The molecule has 1 aromatic heterocycles. The molecule has 0 aliphatic rings. The second-order valence-corrected chi connectivity index (χ2v) is 7.52. The Bertz CT molecular complexity index is 991. The Balaban J connectivity index is 1.72. The van der Waals surface area contributed by atoms with E-state index >= 15 is 0 Å². The highest BCUT2D eigenvalue weighted by molar-refractivity contribution is 7.98. The molecule has 0 radical (unpaired) electrons. The van der Waals surface area contributed by atoms with Gasteiger partial charge in [0.1, 0.15) is 12.7 Å². The van der Waals surface area contributed by atoms with Crippen molar-refractivity contribution in [3.63, 3.8) is 0 Å². The third-order valence-corrected chi connectivity index (χ3v) is 5.03. The second kappa shape index (κ2) is 9.31. The Hall–Kier alpha value is -2.85. The standard InChI is InChI=1S/C20H20F3N5OS/c1-27(10-14-3-6-16(30-2)7-4-14)11-19(29)26-17-9-15(20(21,22)23)5-8-18(17)28-13-24-12-25-28/h3-9,12-13H,10-11H2,1-2H3,(H,26,29). The van der Waals surface area contributed by atoms with Crippen molar-refractivity contribution in [2.24, 2.45) is 0 Å². The predicted octanol–water partition coefficient (Wildman–Crippen LogP) is 4.08. The Labute approximate surface area is 176 Å². The molecule has 0 atom stereocenters. The number of carbonyl (C=O) groups excluding carboxylic acids is 1. The summed E-state index contributed by atoms with van der Waals surface area (Å²) >= 11 is 1.64. The highest BCUT2D eigenvalue weighted by Crippen LogP contribution is 2.33. The lowest BCUT2D eigenvalue weighted by molar-refractivity contribution is -0.137. The monoisotopic (exact) mass is 435 g/mol. The van der Waals surface area contributed by atoms with Crippen LogP contribution in [0.2, 0.25) is 0 Å². The van der Waals surface area contributed by atoms with Crippen molar-refractivity contribution in [1.82, 2.24) is 19.7 Å². The van der Waals surface area contributed by atoms with Crippen molar-refractivity contribution >= 4 is 23.4 Å². The number of anilines is 1. The lowest BCUT2D eigenvalue weighted by atomic mass is 10.1. The molecular weight excluding hydrogens is 415 g/mol. The number of aromatic nitrogens is 3. The van der Waals surface area contributed by atoms with Crippen LogP contribution >= 0.6 is 11.8 Å². The van der Waals surface area contributed by atoms with Crippen molar-refractivity contribution in [2.75, 3.05) is 25.2 Å². The van der Waals surface area contributed by atoms with E-state index in [1.54, 1.807) is 23.7 Å². The summed E-state index contributed by atoms with van der Waals surface area (Å²) in [6.07, 6.45) is 0.0783. The minimum Gasteiger partial charge on any atom is -0.323 e. The minimum absolute atomic E-state index is 0.0112. The van der Waals surface area contributed by atoms with E-state index < -0.39 is 17.6 Å². The normalized spacial score (nSPS) is 11.7. The Kier molecular flexibility index (Phi) is 6.78. The molecule has 0 aliphatic carbocycles. The van der Waals surface area contributed by atoms with Crippen molar-refractivity contribution in [2.45, 2.75) is 17.6 Å². The Morgan fingerprint density at radius 2 is 1.93 bits per heavy atom. The number of carbonyl (C=O) groups is 1. The zero-order valence-electron chi connectivity index (χ0n) is 16.3. The number of halogens is 3. The number of rotatable bonds is 7. The van der Waals surface area contributed by atoms with Crippen LogP contribution in [0.25, 0.3) is 5.69 Å². The van der Waals surface area contributed by atoms with Gasteiger partial charge in [-0.15, -0.1) is 11.8 Å². The summed E-state index contributed by atoms with van der Waals surface area (Å²) in [5, 5.41) is 6.51. The van der Waals surface area contributed by atoms with E-state index in [0.717, 1.165) is 22.6 Å². The summed E-state index contributed by atoms with van der Waals surface area (Å²) in [6, 6.07) is 11.1. The van der Waals surface area contributed by atoms with Gasteiger partial charge in [-0.1, -0.05) is 12.1 Å². The molecule has 2 aromatic carbocycles. The van der Waals surface area contributed by atoms with Crippen LogP contribution in [-0.4, -0.2) is 45.4 Å². The first-order valence-electron chi connectivity index (χ1n) is 8.94. The fourth-order valence-corrected chi connectivity index (χ4v) is 3.29. The van der Waals surface area contributed by atoms with Crippen LogP contribution in [-0.2, 0) is 17.5 Å². The molecule has 0 spiro atoms. The number of likely N-dealkylation sites (N-methyl/N-ethyl adjacent to an activating group) is 1. The van der Waals surface area contributed by atoms with E-state index in [2.05, 4.69) is 15.4 Å². The zero-order chi connectivity index (χ0) is 21.7. The summed E-state index contributed by atoms with van der Waals surface area (Å²) in [4.78, 5) is 19.2. The third kappa shape index (κ3) is 5.61. The van der Waals surface area contributed by atoms with Crippen LogP contribution in [0.5, 0.6) is 0 Å². The second-order valence-electron chi connectivity index (χ2n) is 6.64. The van der Waals surface area contributed by atoms with Gasteiger partial charge in [0.25, 0.3) is 0 Å². The average Bonchev–Trinajstić information content (AvgIpc) is 3.22. The molecule has 1 heterocycles. The van der Waals surface area contributed by atoms with Gasteiger partial charge < -0.3 is 5.32 Å². The Morgan fingerprint density at radius 3 is 2.53 bits per heavy atom. The summed E-state index contributed by atoms with van der Waals surface area (Å²) in [5.41, 5.74) is 0.483. The molecule has 0 aliphatic heterocycles. The van der Waals surface area contributed by atoms with Gasteiger partial charge in [-0.05, 0) is 49.2 Å². The van der Waals surface area contributed by atoms with Gasteiger partial charge in [0.15, 0.2) is 0 Å². The van der Waals surface area contributed by atoms with Gasteiger partial charge in [-0.2, -0.15) is 18.3 Å². The highest BCUT2D eigenvalue weighted by Gasteiger charge is 2.31. The summed E-state index contributed by atoms with van der Waals surface area (Å²) in [5.74, 6) is -0.432. The average molecular weight is 435 g/mol.